The van der Waals surface area contributed by atoms with Crippen LogP contribution in [0, 0.1) is 5.92 Å². The van der Waals surface area contributed by atoms with Crippen LogP contribution in [-0.2, 0) is 16.4 Å². The summed E-state index contributed by atoms with van der Waals surface area (Å²) in [5.74, 6) is 0.467. The summed E-state index contributed by atoms with van der Waals surface area (Å²) >= 11 is 1.73. The fraction of sp³-hybridized carbons (Fsp3) is 0.714. The van der Waals surface area contributed by atoms with Crippen molar-refractivity contribution in [3.63, 3.8) is 0 Å². The van der Waals surface area contributed by atoms with Crippen molar-refractivity contribution in [2.45, 2.75) is 31.7 Å². The Balaban J connectivity index is 1.90. The van der Waals surface area contributed by atoms with Crippen molar-refractivity contribution in [1.82, 2.24) is 9.62 Å². The molecule has 1 aliphatic rings. The smallest absolute Gasteiger partial charge is 0.211 e. The third-order valence-electron chi connectivity index (χ3n) is 4.04. The van der Waals surface area contributed by atoms with E-state index < -0.39 is 10.0 Å². The van der Waals surface area contributed by atoms with Crippen LogP contribution in [0.3, 0.4) is 0 Å². The number of thiophene rings is 1. The first-order chi connectivity index (χ1) is 9.49. The molecule has 0 aromatic carbocycles. The molecule has 0 bridgehead atoms. The summed E-state index contributed by atoms with van der Waals surface area (Å²) < 4.78 is 24.9. The van der Waals surface area contributed by atoms with Crippen molar-refractivity contribution in [3.8, 4) is 0 Å². The highest BCUT2D eigenvalue weighted by Gasteiger charge is 2.27. The topological polar surface area (TPSA) is 49.4 Å². The minimum Gasteiger partial charge on any atom is -0.317 e. The average molecular weight is 316 g/mol. The van der Waals surface area contributed by atoms with Gasteiger partial charge in [-0.25, -0.2) is 12.7 Å². The van der Waals surface area contributed by atoms with Crippen LogP contribution in [0.15, 0.2) is 16.8 Å². The van der Waals surface area contributed by atoms with Crippen molar-refractivity contribution in [2.75, 3.05) is 26.4 Å². The van der Waals surface area contributed by atoms with Gasteiger partial charge in [-0.1, -0.05) is 0 Å². The normalized spacial score (nSPS) is 22.8. The lowest BCUT2D eigenvalue weighted by Crippen LogP contribution is -2.41. The van der Waals surface area contributed by atoms with E-state index in [0.717, 1.165) is 25.7 Å². The Labute approximate surface area is 126 Å². The van der Waals surface area contributed by atoms with E-state index in [0.29, 0.717) is 25.0 Å². The summed E-state index contributed by atoms with van der Waals surface area (Å²) in [5.41, 5.74) is 1.37. The molecule has 1 aromatic heterocycles. The largest absolute Gasteiger partial charge is 0.317 e. The Morgan fingerprint density at radius 1 is 1.55 bits per heavy atom. The summed E-state index contributed by atoms with van der Waals surface area (Å²) in [5, 5.41) is 7.67. The Hall–Kier alpha value is -0.430. The lowest BCUT2D eigenvalue weighted by atomic mass is 9.90. The number of nitrogens with zero attached hydrogens (tertiary/aromatic N) is 1. The van der Waals surface area contributed by atoms with Crippen LogP contribution in [0.5, 0.6) is 0 Å². The van der Waals surface area contributed by atoms with E-state index in [-0.39, 0.29) is 0 Å². The molecule has 2 unspecified atom stereocenters. The Bertz CT molecular complexity index is 499. The number of nitrogens with one attached hydrogen (secondary N) is 1. The quantitative estimate of drug-likeness (QED) is 0.872. The van der Waals surface area contributed by atoms with Gasteiger partial charge in [0.15, 0.2) is 0 Å². The zero-order chi connectivity index (χ0) is 14.6. The van der Waals surface area contributed by atoms with Crippen LogP contribution in [0.2, 0.25) is 0 Å². The van der Waals surface area contributed by atoms with Gasteiger partial charge in [-0.15, -0.1) is 0 Å². The summed E-state index contributed by atoms with van der Waals surface area (Å²) in [4.78, 5) is 0. The van der Waals surface area contributed by atoms with Crippen molar-refractivity contribution in [3.05, 3.63) is 22.4 Å². The van der Waals surface area contributed by atoms with Gasteiger partial charge in [0.25, 0.3) is 0 Å². The molecular formula is C14H24N2O2S2. The molecular weight excluding hydrogens is 292 g/mol. The maximum absolute atomic E-state index is 11.7. The molecule has 0 radical (unpaired) electrons. The van der Waals surface area contributed by atoms with Gasteiger partial charge in [-0.3, -0.25) is 0 Å². The second-order valence-electron chi connectivity index (χ2n) is 5.69. The highest BCUT2D eigenvalue weighted by atomic mass is 32.2. The molecule has 4 nitrogen and oxygen atoms in total. The van der Waals surface area contributed by atoms with Crippen LogP contribution >= 0.6 is 11.3 Å². The molecule has 6 heteroatoms. The van der Waals surface area contributed by atoms with Gasteiger partial charge in [-0.2, -0.15) is 11.3 Å². The van der Waals surface area contributed by atoms with Crippen molar-refractivity contribution in [2.24, 2.45) is 5.92 Å². The lowest BCUT2D eigenvalue weighted by Gasteiger charge is -2.33. The van der Waals surface area contributed by atoms with Gasteiger partial charge < -0.3 is 5.32 Å². The highest BCUT2D eigenvalue weighted by molar-refractivity contribution is 7.88. The molecule has 1 aromatic rings. The maximum Gasteiger partial charge on any atom is 0.211 e. The number of hydrogen-bond acceptors (Lipinski definition) is 4. The van der Waals surface area contributed by atoms with Crippen LogP contribution < -0.4 is 5.32 Å². The molecule has 0 saturated carbocycles. The van der Waals surface area contributed by atoms with E-state index in [1.165, 1.54) is 11.8 Å². The summed E-state index contributed by atoms with van der Waals surface area (Å²) in [6.45, 7) is 1.37. The zero-order valence-electron chi connectivity index (χ0n) is 12.2. The maximum atomic E-state index is 11.7. The number of likely N-dealkylation sites (N-methyl/N-ethyl adjacent to an activating group) is 1. The fourth-order valence-electron chi connectivity index (χ4n) is 2.92. The van der Waals surface area contributed by atoms with Gasteiger partial charge in [0, 0.05) is 19.1 Å². The van der Waals surface area contributed by atoms with E-state index in [4.69, 9.17) is 0 Å². The Kier molecular flexibility index (Phi) is 5.60. The predicted molar refractivity (Wildman–Crippen MR) is 84.6 cm³/mol. The van der Waals surface area contributed by atoms with E-state index in [1.54, 1.807) is 15.6 Å². The van der Waals surface area contributed by atoms with Gasteiger partial charge in [0.2, 0.25) is 10.0 Å². The third-order valence-corrected chi connectivity index (χ3v) is 6.04. The van der Waals surface area contributed by atoms with Crippen LogP contribution in [-0.4, -0.2) is 45.2 Å². The minimum atomic E-state index is -3.04. The summed E-state index contributed by atoms with van der Waals surface area (Å²) in [6.07, 6.45) is 5.49. The standard InChI is InChI=1S/C14H24N2O2S2/c1-15-14(9-13-5-7-19-11-13)8-12-4-3-6-16(10-12)20(2,17)18/h5,7,11-12,14-15H,3-4,6,8-10H2,1-2H3. The molecule has 2 heterocycles. The number of hydrogen-bond donors (Lipinski definition) is 1. The molecule has 0 aliphatic carbocycles. The number of sulfonamides is 1. The molecule has 1 fully saturated rings. The Morgan fingerprint density at radius 2 is 2.35 bits per heavy atom. The molecule has 1 saturated heterocycles. The van der Waals surface area contributed by atoms with E-state index >= 15 is 0 Å². The van der Waals surface area contributed by atoms with Crippen molar-refractivity contribution in [1.29, 1.82) is 0 Å². The predicted octanol–water partition coefficient (Wildman–Crippen LogP) is 1.94. The first-order valence-corrected chi connectivity index (χ1v) is 9.91. The van der Waals surface area contributed by atoms with Crippen molar-refractivity contribution >= 4 is 21.4 Å². The SMILES string of the molecule is CNC(Cc1ccsc1)CC1CCCN(S(C)(=O)=O)C1. The van der Waals surface area contributed by atoms with Crippen LogP contribution in [0.1, 0.15) is 24.8 Å². The molecule has 114 valence electrons. The van der Waals surface area contributed by atoms with Crippen molar-refractivity contribution < 1.29 is 8.42 Å². The minimum absolute atomic E-state index is 0.425. The van der Waals surface area contributed by atoms with E-state index in [2.05, 4.69) is 22.1 Å². The molecule has 20 heavy (non-hydrogen) atoms. The molecule has 2 atom stereocenters. The van der Waals surface area contributed by atoms with Gasteiger partial charge in [0.1, 0.15) is 0 Å². The summed E-state index contributed by atoms with van der Waals surface area (Å²) in [7, 11) is -1.04. The number of piperidine rings is 1. The molecule has 2 rings (SSSR count). The summed E-state index contributed by atoms with van der Waals surface area (Å²) in [6, 6.07) is 2.59. The zero-order valence-corrected chi connectivity index (χ0v) is 13.8. The number of rotatable bonds is 6. The monoisotopic (exact) mass is 316 g/mol. The first kappa shape index (κ1) is 15.9. The van der Waals surface area contributed by atoms with E-state index in [9.17, 15) is 8.42 Å². The third kappa shape index (κ3) is 4.55. The average Bonchev–Trinajstić information content (AvgIpc) is 2.90. The second kappa shape index (κ2) is 7.02. The molecule has 0 amide bonds. The lowest BCUT2D eigenvalue weighted by molar-refractivity contribution is 0.239. The molecule has 1 N–H and O–H groups in total. The highest BCUT2D eigenvalue weighted by Crippen LogP contribution is 2.24. The van der Waals surface area contributed by atoms with Crippen LogP contribution in [0.25, 0.3) is 0 Å². The second-order valence-corrected chi connectivity index (χ2v) is 8.45. The van der Waals surface area contributed by atoms with E-state index in [1.807, 2.05) is 7.05 Å². The molecule has 1 aliphatic heterocycles. The fourth-order valence-corrected chi connectivity index (χ4v) is 4.54. The molecule has 0 spiro atoms. The van der Waals surface area contributed by atoms with Crippen LogP contribution in [0.4, 0.5) is 0 Å². The van der Waals surface area contributed by atoms with Gasteiger partial charge >= 0.3 is 0 Å². The first-order valence-electron chi connectivity index (χ1n) is 7.12. The van der Waals surface area contributed by atoms with Gasteiger partial charge in [-0.05, 0) is 61.0 Å². The Morgan fingerprint density at radius 3 is 2.95 bits per heavy atom. The van der Waals surface area contributed by atoms with Gasteiger partial charge in [0.05, 0.1) is 6.26 Å².